The van der Waals surface area contributed by atoms with Gasteiger partial charge in [0.1, 0.15) is 11.9 Å². The van der Waals surface area contributed by atoms with E-state index in [1.807, 2.05) is 13.8 Å². The Morgan fingerprint density at radius 2 is 1.84 bits per heavy atom. The van der Waals surface area contributed by atoms with E-state index in [1.165, 1.54) is 11.0 Å². The van der Waals surface area contributed by atoms with Gasteiger partial charge in [-0.05, 0) is 23.1 Å². The number of hydrogen-bond donors (Lipinski definition) is 4. The molecule has 2 amide bonds. The lowest BCUT2D eigenvalue weighted by atomic mass is 10.00. The summed E-state index contributed by atoms with van der Waals surface area (Å²) in [5.41, 5.74) is 7.73. The standard InChI is InChI=1S/C24H30FN3O4/c1-14(2)22(26)24(32)28-12-17(30)11-21(28)23(31)27-20(13-29)16-9-7-15(8-10-16)18-5-3-4-6-19(18)25/h3-10,14,17,20-22,29-30H,11-13,26H2,1-2H3,(H,27,31)/t17-,20+,21+,22+/m1/s1. The van der Waals surface area contributed by atoms with Crippen molar-refractivity contribution in [3.05, 3.63) is 59.9 Å². The summed E-state index contributed by atoms with van der Waals surface area (Å²) in [5, 5.41) is 22.7. The first-order valence-corrected chi connectivity index (χ1v) is 10.7. The highest BCUT2D eigenvalue weighted by atomic mass is 19.1. The molecule has 1 saturated heterocycles. The van der Waals surface area contributed by atoms with Crippen molar-refractivity contribution in [3.63, 3.8) is 0 Å². The minimum Gasteiger partial charge on any atom is -0.394 e. The minimum atomic E-state index is -0.867. The van der Waals surface area contributed by atoms with E-state index >= 15 is 0 Å². The number of hydrogen-bond acceptors (Lipinski definition) is 5. The third kappa shape index (κ3) is 5.15. The maximum atomic E-state index is 14.0. The highest BCUT2D eigenvalue weighted by Crippen LogP contribution is 2.25. The van der Waals surface area contributed by atoms with Crippen LogP contribution in [-0.4, -0.2) is 58.3 Å². The van der Waals surface area contributed by atoms with Crippen molar-refractivity contribution in [2.45, 2.75) is 44.5 Å². The van der Waals surface area contributed by atoms with Crippen LogP contribution < -0.4 is 11.1 Å². The third-order valence-electron chi connectivity index (χ3n) is 5.87. The lowest BCUT2D eigenvalue weighted by Crippen LogP contribution is -2.53. The number of amides is 2. The maximum Gasteiger partial charge on any atom is 0.243 e. The van der Waals surface area contributed by atoms with Crippen LogP contribution in [0.3, 0.4) is 0 Å². The molecule has 5 N–H and O–H groups in total. The molecule has 1 aliphatic rings. The van der Waals surface area contributed by atoms with E-state index in [4.69, 9.17) is 5.73 Å². The zero-order valence-electron chi connectivity index (χ0n) is 18.2. The van der Waals surface area contributed by atoms with Crippen molar-refractivity contribution >= 4 is 11.8 Å². The van der Waals surface area contributed by atoms with Crippen LogP contribution in [0.4, 0.5) is 4.39 Å². The van der Waals surface area contributed by atoms with Crippen molar-refractivity contribution in [1.82, 2.24) is 10.2 Å². The summed E-state index contributed by atoms with van der Waals surface area (Å²) in [6.45, 7) is 3.31. The van der Waals surface area contributed by atoms with E-state index in [1.54, 1.807) is 42.5 Å². The van der Waals surface area contributed by atoms with Crippen molar-refractivity contribution in [1.29, 1.82) is 0 Å². The molecule has 4 atom stereocenters. The first-order chi connectivity index (χ1) is 15.2. The minimum absolute atomic E-state index is 0.0401. The quantitative estimate of drug-likeness (QED) is 0.519. The van der Waals surface area contributed by atoms with E-state index in [-0.39, 0.29) is 37.2 Å². The molecule has 7 nitrogen and oxygen atoms in total. The molecule has 1 heterocycles. The average Bonchev–Trinajstić information content (AvgIpc) is 3.18. The third-order valence-corrected chi connectivity index (χ3v) is 5.87. The second kappa shape index (κ2) is 10.2. The Kier molecular flexibility index (Phi) is 7.60. The maximum absolute atomic E-state index is 14.0. The first kappa shape index (κ1) is 23.8. The zero-order valence-corrected chi connectivity index (χ0v) is 18.2. The van der Waals surface area contributed by atoms with Gasteiger partial charge < -0.3 is 26.2 Å². The summed E-state index contributed by atoms with van der Waals surface area (Å²) < 4.78 is 14.0. The Morgan fingerprint density at radius 3 is 2.44 bits per heavy atom. The van der Waals surface area contributed by atoms with Gasteiger partial charge in [0.2, 0.25) is 11.8 Å². The van der Waals surface area contributed by atoms with Gasteiger partial charge in [-0.25, -0.2) is 4.39 Å². The van der Waals surface area contributed by atoms with E-state index in [0.29, 0.717) is 16.7 Å². The molecule has 3 rings (SSSR count). The van der Waals surface area contributed by atoms with Crippen LogP contribution in [0.5, 0.6) is 0 Å². The Morgan fingerprint density at radius 1 is 1.19 bits per heavy atom. The fourth-order valence-corrected chi connectivity index (χ4v) is 3.88. The number of carbonyl (C=O) groups is 2. The molecule has 0 saturated carbocycles. The Labute approximate surface area is 187 Å². The van der Waals surface area contributed by atoms with Crippen molar-refractivity contribution in [3.8, 4) is 11.1 Å². The predicted octanol–water partition coefficient (Wildman–Crippen LogP) is 1.59. The van der Waals surface area contributed by atoms with Gasteiger partial charge in [0.25, 0.3) is 0 Å². The molecular weight excluding hydrogens is 413 g/mol. The van der Waals surface area contributed by atoms with Gasteiger partial charge >= 0.3 is 0 Å². The van der Waals surface area contributed by atoms with Crippen LogP contribution in [0.2, 0.25) is 0 Å². The van der Waals surface area contributed by atoms with Crippen molar-refractivity contribution in [2.24, 2.45) is 11.7 Å². The molecule has 0 unspecified atom stereocenters. The SMILES string of the molecule is CC(C)[C@H](N)C(=O)N1C[C@H](O)C[C@H]1C(=O)N[C@@H](CO)c1ccc(-c2ccccc2F)cc1. The molecule has 0 spiro atoms. The molecule has 32 heavy (non-hydrogen) atoms. The fourth-order valence-electron chi connectivity index (χ4n) is 3.88. The van der Waals surface area contributed by atoms with E-state index in [9.17, 15) is 24.2 Å². The molecule has 172 valence electrons. The summed E-state index contributed by atoms with van der Waals surface area (Å²) in [5.74, 6) is -1.30. The Hall–Kier alpha value is -2.81. The molecule has 1 aliphatic heterocycles. The number of carbonyl (C=O) groups excluding carboxylic acids is 2. The summed E-state index contributed by atoms with van der Waals surface area (Å²) in [6.07, 6.45) is -0.714. The molecule has 2 aromatic rings. The highest BCUT2D eigenvalue weighted by Gasteiger charge is 2.41. The van der Waals surface area contributed by atoms with Gasteiger partial charge in [-0.1, -0.05) is 56.3 Å². The van der Waals surface area contributed by atoms with Crippen LogP contribution in [0.1, 0.15) is 31.9 Å². The number of aliphatic hydroxyl groups excluding tert-OH is 2. The van der Waals surface area contributed by atoms with Crippen molar-refractivity contribution in [2.75, 3.05) is 13.2 Å². The number of likely N-dealkylation sites (tertiary alicyclic amines) is 1. The second-order valence-corrected chi connectivity index (χ2v) is 8.51. The Bertz CT molecular complexity index is 951. The lowest BCUT2D eigenvalue weighted by Gasteiger charge is -2.29. The smallest absolute Gasteiger partial charge is 0.243 e. The molecule has 1 fully saturated rings. The molecular formula is C24H30FN3O4. The van der Waals surface area contributed by atoms with E-state index < -0.39 is 30.1 Å². The van der Waals surface area contributed by atoms with Gasteiger partial charge in [-0.2, -0.15) is 0 Å². The van der Waals surface area contributed by atoms with Crippen LogP contribution in [0.15, 0.2) is 48.5 Å². The highest BCUT2D eigenvalue weighted by molar-refractivity contribution is 5.90. The topological polar surface area (TPSA) is 116 Å². The molecule has 0 aliphatic carbocycles. The number of β-amino-alcohol motifs (C(OH)–C–C–N with tert-alkyl or cyclic N) is 1. The normalized spacial score (nSPS) is 20.3. The summed E-state index contributed by atoms with van der Waals surface area (Å²) in [7, 11) is 0. The van der Waals surface area contributed by atoms with Crippen LogP contribution in [0, 0.1) is 11.7 Å². The number of benzene rings is 2. The molecule has 0 aromatic heterocycles. The second-order valence-electron chi connectivity index (χ2n) is 8.51. The number of nitrogens with two attached hydrogens (primary N) is 1. The van der Waals surface area contributed by atoms with Crippen LogP contribution >= 0.6 is 0 Å². The number of nitrogens with zero attached hydrogens (tertiary/aromatic N) is 1. The van der Waals surface area contributed by atoms with Gasteiger partial charge in [0, 0.05) is 18.5 Å². The molecule has 8 heteroatoms. The van der Waals surface area contributed by atoms with Crippen molar-refractivity contribution < 1.29 is 24.2 Å². The number of nitrogens with one attached hydrogen (secondary N) is 1. The summed E-state index contributed by atoms with van der Waals surface area (Å²) in [4.78, 5) is 27.0. The first-order valence-electron chi connectivity index (χ1n) is 10.7. The monoisotopic (exact) mass is 443 g/mol. The van der Waals surface area contributed by atoms with Gasteiger partial charge in [0.05, 0.1) is 24.8 Å². The van der Waals surface area contributed by atoms with Crippen LogP contribution in [-0.2, 0) is 9.59 Å². The van der Waals surface area contributed by atoms with Gasteiger partial charge in [-0.3, -0.25) is 9.59 Å². The Balaban J connectivity index is 1.73. The van der Waals surface area contributed by atoms with Gasteiger partial charge in [-0.15, -0.1) is 0 Å². The summed E-state index contributed by atoms with van der Waals surface area (Å²) >= 11 is 0. The number of rotatable bonds is 7. The molecule has 0 bridgehead atoms. The zero-order chi connectivity index (χ0) is 23.4. The number of halogens is 1. The average molecular weight is 444 g/mol. The van der Waals surface area contributed by atoms with Crippen LogP contribution in [0.25, 0.3) is 11.1 Å². The number of aliphatic hydroxyl groups is 2. The fraction of sp³-hybridized carbons (Fsp3) is 0.417. The molecule has 0 radical (unpaired) electrons. The van der Waals surface area contributed by atoms with Gasteiger partial charge in [0.15, 0.2) is 0 Å². The predicted molar refractivity (Wildman–Crippen MR) is 119 cm³/mol. The largest absolute Gasteiger partial charge is 0.394 e. The summed E-state index contributed by atoms with van der Waals surface area (Å²) in [6, 6.07) is 10.9. The van der Waals surface area contributed by atoms with E-state index in [0.717, 1.165) is 0 Å². The lowest BCUT2D eigenvalue weighted by molar-refractivity contribution is -0.140. The molecule has 2 aromatic carbocycles. The van der Waals surface area contributed by atoms with E-state index in [2.05, 4.69) is 5.32 Å².